The number of aryl methyl sites for hydroxylation is 1. The van der Waals surface area contributed by atoms with Crippen molar-refractivity contribution in [3.05, 3.63) is 52.1 Å². The van der Waals surface area contributed by atoms with Crippen molar-refractivity contribution in [3.8, 4) is 10.6 Å². The number of carbonyl (C=O) groups excluding carboxylic acids is 1. The summed E-state index contributed by atoms with van der Waals surface area (Å²) in [7, 11) is 3.75. The summed E-state index contributed by atoms with van der Waals surface area (Å²) in [6, 6.07) is 7.46. The Kier molecular flexibility index (Phi) is 4.57. The van der Waals surface area contributed by atoms with Gasteiger partial charge in [-0.3, -0.25) is 4.79 Å². The molecule has 104 valence electrons. The molecule has 0 aliphatic rings. The number of hydrogen-bond acceptors (Lipinski definition) is 4. The number of allylic oxidation sites excluding steroid dienone is 1. The third-order valence-corrected chi connectivity index (χ3v) is 4.11. The van der Waals surface area contributed by atoms with E-state index in [1.807, 2.05) is 50.2 Å². The quantitative estimate of drug-likeness (QED) is 0.631. The van der Waals surface area contributed by atoms with Crippen molar-refractivity contribution in [2.45, 2.75) is 6.92 Å². The average Bonchev–Trinajstić information content (AvgIpc) is 2.79. The van der Waals surface area contributed by atoms with Crippen LogP contribution in [0.2, 0.25) is 5.02 Å². The largest absolute Gasteiger partial charge is 0.383 e. The minimum Gasteiger partial charge on any atom is -0.383 e. The fourth-order valence-corrected chi connectivity index (χ4v) is 2.75. The second-order valence-corrected chi connectivity index (χ2v) is 6.02. The Hall–Kier alpha value is -1.65. The lowest BCUT2D eigenvalue weighted by Crippen LogP contribution is -2.02. The third-order valence-electron chi connectivity index (χ3n) is 2.64. The summed E-state index contributed by atoms with van der Waals surface area (Å²) in [6.45, 7) is 1.85. The first-order valence-corrected chi connectivity index (χ1v) is 7.29. The number of benzene rings is 1. The van der Waals surface area contributed by atoms with Crippen LogP contribution in [0.5, 0.6) is 0 Å². The first-order chi connectivity index (χ1) is 9.47. The molecule has 0 amide bonds. The first-order valence-electron chi connectivity index (χ1n) is 6.09. The van der Waals surface area contributed by atoms with E-state index in [1.165, 1.54) is 11.3 Å². The van der Waals surface area contributed by atoms with Gasteiger partial charge in [-0.1, -0.05) is 23.7 Å². The van der Waals surface area contributed by atoms with Gasteiger partial charge in [-0.2, -0.15) is 0 Å². The van der Waals surface area contributed by atoms with Crippen LogP contribution in [-0.4, -0.2) is 29.8 Å². The molecule has 0 atom stereocenters. The van der Waals surface area contributed by atoms with E-state index >= 15 is 0 Å². The monoisotopic (exact) mass is 306 g/mol. The molecule has 1 aromatic carbocycles. The van der Waals surface area contributed by atoms with Gasteiger partial charge in [-0.25, -0.2) is 4.98 Å². The Balaban J connectivity index is 2.30. The van der Waals surface area contributed by atoms with Crippen molar-refractivity contribution in [2.75, 3.05) is 14.1 Å². The fraction of sp³-hybridized carbons (Fsp3) is 0.200. The van der Waals surface area contributed by atoms with E-state index in [-0.39, 0.29) is 5.78 Å². The van der Waals surface area contributed by atoms with Crippen LogP contribution in [0.25, 0.3) is 10.6 Å². The zero-order valence-electron chi connectivity index (χ0n) is 11.6. The lowest BCUT2D eigenvalue weighted by molar-refractivity contribution is 0.104. The molecule has 0 radical (unpaired) electrons. The molecule has 0 bridgehead atoms. The highest BCUT2D eigenvalue weighted by Gasteiger charge is 2.14. The molecule has 2 aromatic rings. The number of ketones is 1. The van der Waals surface area contributed by atoms with Gasteiger partial charge in [0.2, 0.25) is 0 Å². The molecule has 5 heteroatoms. The highest BCUT2D eigenvalue weighted by Crippen LogP contribution is 2.29. The molecule has 1 heterocycles. The van der Waals surface area contributed by atoms with Crippen LogP contribution in [0, 0.1) is 6.92 Å². The second kappa shape index (κ2) is 6.20. The molecular formula is C15H15ClN2OS. The van der Waals surface area contributed by atoms with Crippen molar-refractivity contribution in [3.63, 3.8) is 0 Å². The molecule has 1 aromatic heterocycles. The summed E-state index contributed by atoms with van der Waals surface area (Å²) >= 11 is 7.28. The zero-order valence-corrected chi connectivity index (χ0v) is 13.1. The summed E-state index contributed by atoms with van der Waals surface area (Å²) in [4.78, 5) is 19.1. The minimum atomic E-state index is -0.0195. The molecule has 3 nitrogen and oxygen atoms in total. The smallest absolute Gasteiger partial charge is 0.199 e. The molecule has 0 saturated heterocycles. The summed E-state index contributed by atoms with van der Waals surface area (Å²) in [5.74, 6) is -0.0195. The summed E-state index contributed by atoms with van der Waals surface area (Å²) < 4.78 is 0. The third kappa shape index (κ3) is 3.46. The van der Waals surface area contributed by atoms with Crippen LogP contribution in [-0.2, 0) is 0 Å². The summed E-state index contributed by atoms with van der Waals surface area (Å²) in [5, 5.41) is 1.52. The van der Waals surface area contributed by atoms with Gasteiger partial charge in [0.15, 0.2) is 5.78 Å². The maximum absolute atomic E-state index is 12.1. The predicted octanol–water partition coefficient (Wildman–Crippen LogP) is 4.03. The van der Waals surface area contributed by atoms with Crippen LogP contribution in [0.1, 0.15) is 15.4 Å². The number of thiazole rings is 1. The Morgan fingerprint density at radius 2 is 1.95 bits per heavy atom. The normalized spacial score (nSPS) is 11.0. The van der Waals surface area contributed by atoms with Gasteiger partial charge in [0.25, 0.3) is 0 Å². The Labute approximate surface area is 127 Å². The van der Waals surface area contributed by atoms with Crippen molar-refractivity contribution in [2.24, 2.45) is 0 Å². The molecule has 0 aliphatic heterocycles. The second-order valence-electron chi connectivity index (χ2n) is 4.58. The molecule has 0 spiro atoms. The molecule has 0 N–H and O–H groups in total. The van der Waals surface area contributed by atoms with E-state index < -0.39 is 0 Å². The maximum Gasteiger partial charge on any atom is 0.199 e. The molecular weight excluding hydrogens is 292 g/mol. The van der Waals surface area contributed by atoms with E-state index in [2.05, 4.69) is 4.98 Å². The highest BCUT2D eigenvalue weighted by atomic mass is 35.5. The van der Waals surface area contributed by atoms with Gasteiger partial charge in [0, 0.05) is 37.0 Å². The van der Waals surface area contributed by atoms with Gasteiger partial charge >= 0.3 is 0 Å². The number of rotatable bonds is 4. The Morgan fingerprint density at radius 1 is 1.30 bits per heavy atom. The van der Waals surface area contributed by atoms with Crippen LogP contribution in [0.15, 0.2) is 36.5 Å². The minimum absolute atomic E-state index is 0.0195. The number of aromatic nitrogens is 1. The van der Waals surface area contributed by atoms with Crippen molar-refractivity contribution < 1.29 is 4.79 Å². The summed E-state index contributed by atoms with van der Waals surface area (Å²) in [5.41, 5.74) is 1.73. The maximum atomic E-state index is 12.1. The molecule has 2 rings (SSSR count). The lowest BCUT2D eigenvalue weighted by atomic mass is 10.2. The van der Waals surface area contributed by atoms with Crippen LogP contribution in [0.4, 0.5) is 0 Å². The van der Waals surface area contributed by atoms with E-state index in [0.29, 0.717) is 9.90 Å². The number of hydrogen-bond donors (Lipinski definition) is 0. The fourth-order valence-electron chi connectivity index (χ4n) is 1.63. The van der Waals surface area contributed by atoms with Crippen molar-refractivity contribution in [1.29, 1.82) is 0 Å². The Morgan fingerprint density at radius 3 is 2.55 bits per heavy atom. The van der Waals surface area contributed by atoms with E-state index in [4.69, 9.17) is 11.6 Å². The molecule has 20 heavy (non-hydrogen) atoms. The average molecular weight is 307 g/mol. The first kappa shape index (κ1) is 14.8. The van der Waals surface area contributed by atoms with Crippen LogP contribution in [0.3, 0.4) is 0 Å². The van der Waals surface area contributed by atoms with Gasteiger partial charge in [0.05, 0.1) is 10.6 Å². The van der Waals surface area contributed by atoms with Gasteiger partial charge < -0.3 is 4.90 Å². The van der Waals surface area contributed by atoms with Gasteiger partial charge in [0.1, 0.15) is 5.01 Å². The predicted molar refractivity (Wildman–Crippen MR) is 84.5 cm³/mol. The van der Waals surface area contributed by atoms with E-state index in [9.17, 15) is 4.79 Å². The van der Waals surface area contributed by atoms with Crippen molar-refractivity contribution in [1.82, 2.24) is 9.88 Å². The molecule has 0 aliphatic carbocycles. The van der Waals surface area contributed by atoms with Gasteiger partial charge in [-0.05, 0) is 19.1 Å². The number of halogens is 1. The van der Waals surface area contributed by atoms with Gasteiger partial charge in [-0.15, -0.1) is 11.3 Å². The SMILES string of the molecule is Cc1nc(-c2ccc(Cl)cc2)sc1C(=O)/C=C\N(C)C. The van der Waals surface area contributed by atoms with E-state index in [1.54, 1.807) is 12.3 Å². The highest BCUT2D eigenvalue weighted by molar-refractivity contribution is 7.17. The zero-order chi connectivity index (χ0) is 14.7. The molecule has 0 unspecified atom stereocenters. The topological polar surface area (TPSA) is 33.2 Å². The summed E-state index contributed by atoms with van der Waals surface area (Å²) in [6.07, 6.45) is 3.30. The molecule has 0 fully saturated rings. The number of nitrogens with zero attached hydrogens (tertiary/aromatic N) is 2. The number of carbonyl (C=O) groups is 1. The van der Waals surface area contributed by atoms with E-state index in [0.717, 1.165) is 16.3 Å². The standard InChI is InChI=1S/C15H15ClN2OS/c1-10-14(13(19)8-9-18(2)3)20-15(17-10)11-4-6-12(16)7-5-11/h4-9H,1-3H3/b9-8-. The Bertz CT molecular complexity index is 644. The van der Waals surface area contributed by atoms with Crippen LogP contribution >= 0.6 is 22.9 Å². The molecule has 0 saturated carbocycles. The van der Waals surface area contributed by atoms with Crippen LogP contribution < -0.4 is 0 Å². The lowest BCUT2D eigenvalue weighted by Gasteiger charge is -2.01. The van der Waals surface area contributed by atoms with Crippen molar-refractivity contribution >= 4 is 28.7 Å².